The van der Waals surface area contributed by atoms with E-state index in [4.69, 9.17) is 16.6 Å². The molecule has 4 heterocycles. The van der Waals surface area contributed by atoms with E-state index >= 15 is 0 Å². The van der Waals surface area contributed by atoms with E-state index in [0.29, 0.717) is 5.92 Å². The van der Waals surface area contributed by atoms with Crippen molar-refractivity contribution in [3.05, 3.63) is 41.0 Å². The molecule has 5 rings (SSSR count). The van der Waals surface area contributed by atoms with Crippen LogP contribution in [0.2, 0.25) is 5.02 Å². The summed E-state index contributed by atoms with van der Waals surface area (Å²) in [6.45, 7) is 3.52. The molecular weight excluding hydrogens is 413 g/mol. The van der Waals surface area contributed by atoms with E-state index in [9.17, 15) is 0 Å². The van der Waals surface area contributed by atoms with Gasteiger partial charge in [-0.1, -0.05) is 29.8 Å². The highest BCUT2D eigenvalue weighted by Crippen LogP contribution is 2.30. The number of benzene rings is 1. The van der Waals surface area contributed by atoms with Crippen LogP contribution in [0.5, 0.6) is 0 Å². The van der Waals surface area contributed by atoms with Gasteiger partial charge in [0.15, 0.2) is 0 Å². The molecule has 0 bridgehead atoms. The number of aromatic nitrogens is 2. The van der Waals surface area contributed by atoms with Crippen molar-refractivity contribution in [2.75, 3.05) is 31.1 Å². The zero-order valence-electron chi connectivity index (χ0n) is 17.6. The van der Waals surface area contributed by atoms with Gasteiger partial charge in [0, 0.05) is 48.1 Å². The molecule has 0 aliphatic carbocycles. The average Bonchev–Trinajstić information content (AvgIpc) is 3.43. The molecule has 1 aromatic heterocycles. The maximum Gasteiger partial charge on any atom is 0.146 e. The lowest BCUT2D eigenvalue weighted by molar-refractivity contribution is 0.129. The van der Waals surface area contributed by atoms with Gasteiger partial charge in [-0.3, -0.25) is 10.2 Å². The summed E-state index contributed by atoms with van der Waals surface area (Å²) in [6, 6.07) is 8.81. The van der Waals surface area contributed by atoms with Gasteiger partial charge in [0.25, 0.3) is 0 Å². The molecule has 0 amide bonds. The fourth-order valence-corrected chi connectivity index (χ4v) is 6.48. The molecule has 1 aromatic carbocycles. The monoisotopic (exact) mass is 441 g/mol. The molecular formula is C22H29BClN5S. The van der Waals surface area contributed by atoms with Crippen LogP contribution in [-0.2, 0) is 0 Å². The molecule has 0 radical (unpaired) electrons. The van der Waals surface area contributed by atoms with E-state index in [0.717, 1.165) is 46.6 Å². The molecule has 0 spiro atoms. The number of aliphatic imine (C=N–C) groups is 1. The molecule has 158 valence electrons. The second-order valence-electron chi connectivity index (χ2n) is 8.78. The molecule has 3 aliphatic rings. The zero-order valence-corrected chi connectivity index (χ0v) is 19.1. The van der Waals surface area contributed by atoms with E-state index in [1.54, 1.807) is 0 Å². The Labute approximate surface area is 189 Å². The van der Waals surface area contributed by atoms with Gasteiger partial charge in [-0.05, 0) is 49.0 Å². The summed E-state index contributed by atoms with van der Waals surface area (Å²) in [4.78, 5) is 7.67. The first-order chi connectivity index (χ1) is 14.7. The predicted octanol–water partition coefficient (Wildman–Crippen LogP) is 2.63. The van der Waals surface area contributed by atoms with Crippen molar-refractivity contribution in [2.24, 2.45) is 10.9 Å². The number of fused-ring (bicyclic) bond motifs is 1. The van der Waals surface area contributed by atoms with Crippen LogP contribution in [-0.4, -0.2) is 65.4 Å². The van der Waals surface area contributed by atoms with Crippen molar-refractivity contribution in [2.45, 2.75) is 37.9 Å². The minimum Gasteiger partial charge on any atom is -0.299 e. The normalized spacial score (nSPS) is 27.1. The van der Waals surface area contributed by atoms with E-state index in [-0.39, 0.29) is 6.17 Å². The van der Waals surface area contributed by atoms with Crippen molar-refractivity contribution in [3.63, 3.8) is 0 Å². The molecule has 8 heteroatoms. The number of nitrogens with one attached hydrogen (secondary N) is 1. The summed E-state index contributed by atoms with van der Waals surface area (Å²) in [7, 11) is 2.08. The van der Waals surface area contributed by atoms with Gasteiger partial charge < -0.3 is 0 Å². The number of hydrogen-bond acceptors (Lipinski definition) is 5. The summed E-state index contributed by atoms with van der Waals surface area (Å²) in [5.74, 6) is 4.29. The summed E-state index contributed by atoms with van der Waals surface area (Å²) >= 11 is 8.61. The Kier molecular flexibility index (Phi) is 6.23. The Morgan fingerprint density at radius 3 is 3.00 bits per heavy atom. The smallest absolute Gasteiger partial charge is 0.146 e. The lowest BCUT2D eigenvalue weighted by Gasteiger charge is -2.37. The van der Waals surface area contributed by atoms with Gasteiger partial charge in [-0.15, -0.1) is 0 Å². The standard InChI is InChI=1S/C22H29BClN5S/c23-18-12-26-29-21(10-20(27-22(18)29)17-5-1-2-6-19(17)24)25-11-15-4-3-8-28(13-15)16-7-9-30-14-16/h1-2,5-6,12,15-16,21,25H,3-4,7-11,13-14,23H2. The van der Waals surface area contributed by atoms with Gasteiger partial charge in [-0.25, -0.2) is 9.67 Å². The summed E-state index contributed by atoms with van der Waals surface area (Å²) in [6.07, 6.45) is 6.83. The van der Waals surface area contributed by atoms with Crippen molar-refractivity contribution < 1.29 is 0 Å². The maximum atomic E-state index is 6.49. The third-order valence-electron chi connectivity index (χ3n) is 6.67. The minimum atomic E-state index is 0.120. The third-order valence-corrected chi connectivity index (χ3v) is 8.14. The van der Waals surface area contributed by atoms with Crippen molar-refractivity contribution in [1.82, 2.24) is 20.0 Å². The number of hydrogen-bond donors (Lipinski definition) is 1. The van der Waals surface area contributed by atoms with Gasteiger partial charge in [0.1, 0.15) is 19.8 Å². The average molecular weight is 442 g/mol. The van der Waals surface area contributed by atoms with Crippen LogP contribution in [0, 0.1) is 5.92 Å². The van der Waals surface area contributed by atoms with Crippen molar-refractivity contribution in [3.8, 4) is 0 Å². The Morgan fingerprint density at radius 1 is 1.27 bits per heavy atom. The van der Waals surface area contributed by atoms with Crippen LogP contribution < -0.4 is 10.8 Å². The quantitative estimate of drug-likeness (QED) is 0.725. The molecule has 5 nitrogen and oxygen atoms in total. The first-order valence-electron chi connectivity index (χ1n) is 11.1. The number of likely N-dealkylation sites (tertiary alicyclic amines) is 1. The van der Waals surface area contributed by atoms with Gasteiger partial charge in [0.05, 0.1) is 5.71 Å². The summed E-state index contributed by atoms with van der Waals surface area (Å²) < 4.78 is 2.06. The zero-order chi connectivity index (χ0) is 20.5. The third kappa shape index (κ3) is 4.22. The molecule has 3 aliphatic heterocycles. The van der Waals surface area contributed by atoms with Crippen LogP contribution in [0.15, 0.2) is 35.5 Å². The van der Waals surface area contributed by atoms with Crippen LogP contribution in [0.1, 0.15) is 37.4 Å². The molecule has 2 fully saturated rings. The Morgan fingerprint density at radius 2 is 2.17 bits per heavy atom. The molecule has 2 aromatic rings. The fourth-order valence-electron chi connectivity index (χ4n) is 4.98. The first-order valence-corrected chi connectivity index (χ1v) is 12.6. The van der Waals surface area contributed by atoms with E-state index < -0.39 is 0 Å². The second kappa shape index (κ2) is 9.07. The Bertz CT molecular complexity index is 926. The molecule has 3 atom stereocenters. The molecule has 2 saturated heterocycles. The number of thioether (sulfide) groups is 1. The Hall–Kier alpha value is -1.28. The summed E-state index contributed by atoms with van der Waals surface area (Å²) in [5.41, 5.74) is 3.18. The number of nitrogens with zero attached hydrogens (tertiary/aromatic N) is 4. The van der Waals surface area contributed by atoms with Crippen LogP contribution in [0.25, 0.3) is 0 Å². The van der Waals surface area contributed by atoms with Crippen LogP contribution in [0.3, 0.4) is 0 Å². The van der Waals surface area contributed by atoms with Gasteiger partial charge in [0.2, 0.25) is 0 Å². The largest absolute Gasteiger partial charge is 0.299 e. The number of halogens is 1. The highest BCUT2D eigenvalue weighted by Gasteiger charge is 2.30. The number of rotatable bonds is 5. The fraction of sp³-hybridized carbons (Fsp3) is 0.545. The van der Waals surface area contributed by atoms with E-state index in [2.05, 4.69) is 45.7 Å². The number of piperidine rings is 1. The first kappa shape index (κ1) is 20.6. The van der Waals surface area contributed by atoms with E-state index in [1.807, 2.05) is 24.4 Å². The lowest BCUT2D eigenvalue weighted by atomic mass is 9.95. The Balaban J connectivity index is 1.30. The van der Waals surface area contributed by atoms with Gasteiger partial charge in [-0.2, -0.15) is 16.9 Å². The van der Waals surface area contributed by atoms with Crippen LogP contribution >= 0.6 is 23.4 Å². The highest BCUT2D eigenvalue weighted by atomic mass is 35.5. The highest BCUT2D eigenvalue weighted by molar-refractivity contribution is 7.99. The topological polar surface area (TPSA) is 45.5 Å². The van der Waals surface area contributed by atoms with E-state index in [1.165, 1.54) is 43.9 Å². The summed E-state index contributed by atoms with van der Waals surface area (Å²) in [5, 5.41) is 9.23. The molecule has 0 saturated carbocycles. The maximum absolute atomic E-state index is 6.49. The second-order valence-corrected chi connectivity index (χ2v) is 10.3. The molecule has 30 heavy (non-hydrogen) atoms. The SMILES string of the molecule is Bc1cnn2c1N=C(c1ccccc1Cl)CC2NCC1CCCN(C2CCSC2)C1. The molecule has 3 unspecified atom stereocenters. The van der Waals surface area contributed by atoms with Gasteiger partial charge >= 0.3 is 0 Å². The minimum absolute atomic E-state index is 0.120. The lowest BCUT2D eigenvalue weighted by Crippen LogP contribution is -2.46. The molecule has 1 N–H and O–H groups in total. The van der Waals surface area contributed by atoms with Crippen molar-refractivity contribution in [1.29, 1.82) is 0 Å². The van der Waals surface area contributed by atoms with Crippen LogP contribution in [0.4, 0.5) is 5.82 Å². The van der Waals surface area contributed by atoms with Crippen molar-refractivity contribution >= 4 is 48.2 Å². The predicted molar refractivity (Wildman–Crippen MR) is 130 cm³/mol.